The average Bonchev–Trinajstić information content (AvgIpc) is 3.02. The molecule has 3 nitrogen and oxygen atoms in total. The normalized spacial score (nSPS) is 38.4. The van der Waals surface area contributed by atoms with Crippen LogP contribution in [0.3, 0.4) is 0 Å². The zero-order valence-corrected chi connectivity index (χ0v) is 18.0. The highest BCUT2D eigenvalue weighted by atomic mass is 16.3. The summed E-state index contributed by atoms with van der Waals surface area (Å²) in [5.74, 6) is 2.35. The molecule has 0 aromatic rings. The second kappa shape index (κ2) is 9.28. The topological polar surface area (TPSA) is 60.7 Å². The van der Waals surface area contributed by atoms with Gasteiger partial charge in [0.25, 0.3) is 0 Å². The Morgan fingerprint density at radius 3 is 2.50 bits per heavy atom. The Morgan fingerprint density at radius 2 is 1.86 bits per heavy atom. The van der Waals surface area contributed by atoms with Crippen LogP contribution in [0.1, 0.15) is 78.6 Å². The summed E-state index contributed by atoms with van der Waals surface area (Å²) in [4.78, 5) is 0. The smallest absolute Gasteiger partial charge is 0.0812 e. The van der Waals surface area contributed by atoms with E-state index in [9.17, 15) is 10.2 Å². The van der Waals surface area contributed by atoms with E-state index in [1.165, 1.54) is 38.5 Å². The largest absolute Gasteiger partial charge is 0.396 e. The maximum absolute atomic E-state index is 10.4. The summed E-state index contributed by atoms with van der Waals surface area (Å²) in [5, 5.41) is 29.8. The molecule has 28 heavy (non-hydrogen) atoms. The second-order valence-electron chi connectivity index (χ2n) is 9.70. The summed E-state index contributed by atoms with van der Waals surface area (Å²) >= 11 is 0. The molecular formula is C25H40O3. The number of allylic oxidation sites excluding steroid dienone is 3. The molecule has 3 N–H and O–H groups in total. The fourth-order valence-electron chi connectivity index (χ4n) is 6.40. The molecule has 0 aromatic carbocycles. The standard InChI is InChI=1S/C25H40O3/c1-4-17(2)21-11-12-22-19(7-5-13-25(21,22)3)10-9-18-15-23(27)20(8-6-14-26)24(28)16-18/h8-10,17,21-24,26-28H,4-7,11-16H2,1-3H3/t17-,21?,22?,23-,24-,25-/m1/s1. The van der Waals surface area contributed by atoms with Gasteiger partial charge in [-0.15, -0.1) is 0 Å². The van der Waals surface area contributed by atoms with Crippen LogP contribution in [0.4, 0.5) is 0 Å². The molecule has 2 unspecified atom stereocenters. The summed E-state index contributed by atoms with van der Waals surface area (Å²) in [5.41, 5.74) is 3.86. The number of hydrogen-bond donors (Lipinski definition) is 3. The van der Waals surface area contributed by atoms with E-state index in [2.05, 4.69) is 32.9 Å². The molecule has 0 aliphatic heterocycles. The van der Waals surface area contributed by atoms with E-state index in [1.54, 1.807) is 11.6 Å². The maximum atomic E-state index is 10.4. The van der Waals surface area contributed by atoms with E-state index in [0.717, 1.165) is 17.4 Å². The molecule has 0 bridgehead atoms. The van der Waals surface area contributed by atoms with E-state index in [4.69, 9.17) is 5.11 Å². The van der Waals surface area contributed by atoms with Crippen molar-refractivity contribution in [3.63, 3.8) is 0 Å². The Bertz CT molecular complexity index is 616. The Morgan fingerprint density at radius 1 is 1.14 bits per heavy atom. The number of rotatable bonds is 5. The fraction of sp³-hybridized carbons (Fsp3) is 0.760. The first-order valence-corrected chi connectivity index (χ1v) is 11.5. The predicted molar refractivity (Wildman–Crippen MR) is 115 cm³/mol. The van der Waals surface area contributed by atoms with Crippen LogP contribution in [0.25, 0.3) is 0 Å². The Kier molecular flexibility index (Phi) is 7.22. The van der Waals surface area contributed by atoms with Gasteiger partial charge in [0.2, 0.25) is 0 Å². The minimum Gasteiger partial charge on any atom is -0.396 e. The third-order valence-corrected chi connectivity index (χ3v) is 8.09. The minimum atomic E-state index is -0.627. The second-order valence-corrected chi connectivity index (χ2v) is 9.70. The average molecular weight is 389 g/mol. The first kappa shape index (κ1) is 21.8. The van der Waals surface area contributed by atoms with Crippen LogP contribution in [-0.4, -0.2) is 34.1 Å². The van der Waals surface area contributed by atoms with Crippen molar-refractivity contribution in [1.82, 2.24) is 0 Å². The lowest BCUT2D eigenvalue weighted by Gasteiger charge is -2.44. The third-order valence-electron chi connectivity index (χ3n) is 8.09. The summed E-state index contributed by atoms with van der Waals surface area (Å²) in [6.07, 6.45) is 14.5. The number of fused-ring (bicyclic) bond motifs is 1. The predicted octanol–water partition coefficient (Wildman–Crippen LogP) is 4.93. The minimum absolute atomic E-state index is 0.0511. The van der Waals surface area contributed by atoms with Gasteiger partial charge in [0.15, 0.2) is 0 Å². The molecule has 3 saturated carbocycles. The Labute approximate surface area is 171 Å². The number of hydrogen-bond acceptors (Lipinski definition) is 3. The SMILES string of the molecule is CC[C@@H](C)C1CCC2C(=CC=C3C[C@@H](O)C(=CCCO)[C@H](O)C3)CCC[C@@]21C. The Balaban J connectivity index is 1.74. The van der Waals surface area contributed by atoms with Gasteiger partial charge < -0.3 is 15.3 Å². The van der Waals surface area contributed by atoms with Crippen LogP contribution >= 0.6 is 0 Å². The van der Waals surface area contributed by atoms with Crippen LogP contribution in [0.2, 0.25) is 0 Å². The number of aliphatic hydroxyl groups is 3. The van der Waals surface area contributed by atoms with Crippen LogP contribution in [0.5, 0.6) is 0 Å². The van der Waals surface area contributed by atoms with Gasteiger partial charge in [0.05, 0.1) is 12.2 Å². The molecule has 158 valence electrons. The molecule has 0 spiro atoms. The van der Waals surface area contributed by atoms with E-state index in [0.29, 0.717) is 36.2 Å². The molecule has 3 heteroatoms. The van der Waals surface area contributed by atoms with Crippen LogP contribution in [0, 0.1) is 23.2 Å². The van der Waals surface area contributed by atoms with Crippen molar-refractivity contribution in [2.45, 2.75) is 90.8 Å². The molecule has 3 rings (SSSR count). The van der Waals surface area contributed by atoms with Gasteiger partial charge in [-0.2, -0.15) is 0 Å². The fourth-order valence-corrected chi connectivity index (χ4v) is 6.40. The molecule has 0 amide bonds. The molecule has 6 atom stereocenters. The summed E-state index contributed by atoms with van der Waals surface area (Å²) in [6, 6.07) is 0. The summed E-state index contributed by atoms with van der Waals surface area (Å²) < 4.78 is 0. The molecule has 3 aliphatic carbocycles. The first-order valence-electron chi connectivity index (χ1n) is 11.5. The van der Waals surface area contributed by atoms with Crippen molar-refractivity contribution >= 4 is 0 Å². The highest BCUT2D eigenvalue weighted by Gasteiger charge is 2.50. The molecule has 0 aromatic heterocycles. The van der Waals surface area contributed by atoms with Crippen molar-refractivity contribution in [2.24, 2.45) is 23.2 Å². The van der Waals surface area contributed by atoms with Gasteiger partial charge in [0, 0.05) is 6.61 Å². The van der Waals surface area contributed by atoms with Gasteiger partial charge in [-0.3, -0.25) is 0 Å². The molecule has 0 heterocycles. The van der Waals surface area contributed by atoms with Gasteiger partial charge in [0.1, 0.15) is 0 Å². The highest BCUT2D eigenvalue weighted by molar-refractivity contribution is 5.30. The van der Waals surface area contributed by atoms with Gasteiger partial charge in [-0.05, 0) is 80.1 Å². The zero-order valence-electron chi connectivity index (χ0n) is 18.0. The monoisotopic (exact) mass is 388 g/mol. The van der Waals surface area contributed by atoms with Crippen molar-refractivity contribution in [1.29, 1.82) is 0 Å². The molecule has 0 saturated heterocycles. The van der Waals surface area contributed by atoms with Crippen molar-refractivity contribution in [3.8, 4) is 0 Å². The Hall–Kier alpha value is -0.900. The first-order chi connectivity index (χ1) is 13.4. The number of aliphatic hydroxyl groups excluding tert-OH is 3. The van der Waals surface area contributed by atoms with Crippen LogP contribution < -0.4 is 0 Å². The van der Waals surface area contributed by atoms with Crippen LogP contribution in [-0.2, 0) is 0 Å². The zero-order chi connectivity index (χ0) is 20.3. The molecule has 0 radical (unpaired) electrons. The lowest BCUT2D eigenvalue weighted by molar-refractivity contribution is 0.0961. The third kappa shape index (κ3) is 4.32. The van der Waals surface area contributed by atoms with Gasteiger partial charge >= 0.3 is 0 Å². The van der Waals surface area contributed by atoms with Gasteiger partial charge in [-0.1, -0.05) is 56.6 Å². The van der Waals surface area contributed by atoms with E-state index in [-0.39, 0.29) is 6.61 Å². The van der Waals surface area contributed by atoms with Gasteiger partial charge in [-0.25, -0.2) is 0 Å². The lowest BCUT2D eigenvalue weighted by Crippen LogP contribution is -2.35. The summed E-state index contributed by atoms with van der Waals surface area (Å²) in [7, 11) is 0. The lowest BCUT2D eigenvalue weighted by atomic mass is 9.61. The maximum Gasteiger partial charge on any atom is 0.0812 e. The quantitative estimate of drug-likeness (QED) is 0.586. The van der Waals surface area contributed by atoms with E-state index >= 15 is 0 Å². The van der Waals surface area contributed by atoms with Crippen LogP contribution in [0.15, 0.2) is 34.9 Å². The van der Waals surface area contributed by atoms with Crippen molar-refractivity contribution < 1.29 is 15.3 Å². The van der Waals surface area contributed by atoms with Crippen molar-refractivity contribution in [2.75, 3.05) is 6.61 Å². The highest BCUT2D eigenvalue weighted by Crippen LogP contribution is 2.59. The van der Waals surface area contributed by atoms with E-state index in [1.807, 2.05) is 0 Å². The molecular weight excluding hydrogens is 348 g/mol. The summed E-state index contributed by atoms with van der Waals surface area (Å²) in [6.45, 7) is 7.35. The molecule has 3 fully saturated rings. The van der Waals surface area contributed by atoms with Crippen molar-refractivity contribution in [3.05, 3.63) is 34.9 Å². The molecule has 3 aliphatic rings. The van der Waals surface area contributed by atoms with E-state index < -0.39 is 12.2 Å².